The quantitative estimate of drug-likeness (QED) is 0.766. The summed E-state index contributed by atoms with van der Waals surface area (Å²) in [4.78, 5) is 30.1. The number of hydrogen-bond donors (Lipinski definition) is 2. The van der Waals surface area contributed by atoms with Crippen LogP contribution >= 0.6 is 0 Å². The summed E-state index contributed by atoms with van der Waals surface area (Å²) in [6, 6.07) is 10.2. The van der Waals surface area contributed by atoms with Crippen LogP contribution in [0.2, 0.25) is 0 Å². The standard InChI is InChI=1S/C19H23N3O3/c1-3-5-11-22(4-2)17-16(19(24)25)12-15(13-20-17)21-18(23)14-9-7-6-8-10-14/h6-10,12-13H,3-5,11H2,1-2H3,(H,21,23)(H,24,25). The maximum absolute atomic E-state index is 12.2. The van der Waals surface area contributed by atoms with Gasteiger partial charge in [0.05, 0.1) is 11.9 Å². The van der Waals surface area contributed by atoms with Crippen LogP contribution in [0.5, 0.6) is 0 Å². The van der Waals surface area contributed by atoms with Crippen LogP contribution in [-0.2, 0) is 0 Å². The number of aromatic carboxylic acids is 1. The van der Waals surface area contributed by atoms with Gasteiger partial charge in [-0.25, -0.2) is 9.78 Å². The van der Waals surface area contributed by atoms with Gasteiger partial charge in [-0.3, -0.25) is 4.79 Å². The van der Waals surface area contributed by atoms with Crippen molar-refractivity contribution < 1.29 is 14.7 Å². The number of nitrogens with one attached hydrogen (secondary N) is 1. The number of carboxylic acid groups (broad SMARTS) is 1. The minimum absolute atomic E-state index is 0.0869. The molecule has 25 heavy (non-hydrogen) atoms. The molecule has 132 valence electrons. The van der Waals surface area contributed by atoms with E-state index < -0.39 is 5.97 Å². The minimum atomic E-state index is -1.06. The number of unbranched alkanes of at least 4 members (excludes halogenated alkanes) is 1. The first-order valence-electron chi connectivity index (χ1n) is 8.41. The number of carbonyl (C=O) groups is 2. The van der Waals surface area contributed by atoms with Gasteiger partial charge in [0.25, 0.3) is 5.91 Å². The molecule has 6 heteroatoms. The van der Waals surface area contributed by atoms with Gasteiger partial charge in [-0.1, -0.05) is 31.5 Å². The zero-order valence-electron chi connectivity index (χ0n) is 14.5. The Bertz CT molecular complexity index is 732. The smallest absolute Gasteiger partial charge is 0.339 e. The lowest BCUT2D eigenvalue weighted by Crippen LogP contribution is -2.27. The van der Waals surface area contributed by atoms with Crippen molar-refractivity contribution in [3.63, 3.8) is 0 Å². The summed E-state index contributed by atoms with van der Waals surface area (Å²) in [7, 11) is 0. The Hall–Kier alpha value is -2.89. The van der Waals surface area contributed by atoms with Crippen LogP contribution in [0.1, 0.15) is 47.4 Å². The summed E-state index contributed by atoms with van der Waals surface area (Å²) in [6.07, 6.45) is 3.47. The van der Waals surface area contributed by atoms with E-state index in [-0.39, 0.29) is 11.5 Å². The predicted molar refractivity (Wildman–Crippen MR) is 98.4 cm³/mol. The molecule has 1 amide bonds. The molecule has 1 heterocycles. The van der Waals surface area contributed by atoms with E-state index in [4.69, 9.17) is 0 Å². The van der Waals surface area contributed by atoms with Crippen molar-refractivity contribution in [2.75, 3.05) is 23.3 Å². The zero-order valence-corrected chi connectivity index (χ0v) is 14.5. The van der Waals surface area contributed by atoms with Gasteiger partial charge in [0.15, 0.2) is 0 Å². The Morgan fingerprint density at radius 1 is 1.20 bits per heavy atom. The number of hydrogen-bond acceptors (Lipinski definition) is 4. The minimum Gasteiger partial charge on any atom is -0.478 e. The molecule has 0 aliphatic carbocycles. The van der Waals surface area contributed by atoms with Crippen LogP contribution in [0.4, 0.5) is 11.5 Å². The Labute approximate surface area is 147 Å². The summed E-state index contributed by atoms with van der Waals surface area (Å²) in [5.74, 6) is -0.931. The predicted octanol–water partition coefficient (Wildman–Crippen LogP) is 3.66. The largest absolute Gasteiger partial charge is 0.478 e. The molecule has 2 aromatic rings. The van der Waals surface area contributed by atoms with E-state index in [2.05, 4.69) is 17.2 Å². The fraction of sp³-hybridized carbons (Fsp3) is 0.316. The first-order chi connectivity index (χ1) is 12.1. The average molecular weight is 341 g/mol. The molecule has 2 rings (SSSR count). The second-order valence-electron chi connectivity index (χ2n) is 5.65. The van der Waals surface area contributed by atoms with Gasteiger partial charge in [0.1, 0.15) is 11.4 Å². The summed E-state index contributed by atoms with van der Waals surface area (Å²) in [6.45, 7) is 5.47. The van der Waals surface area contributed by atoms with E-state index in [1.54, 1.807) is 24.3 Å². The Balaban J connectivity index is 2.26. The van der Waals surface area contributed by atoms with Crippen molar-refractivity contribution in [2.24, 2.45) is 0 Å². The number of carboxylic acids is 1. The van der Waals surface area contributed by atoms with E-state index >= 15 is 0 Å². The van der Waals surface area contributed by atoms with Crippen molar-refractivity contribution in [1.29, 1.82) is 0 Å². The monoisotopic (exact) mass is 341 g/mol. The molecule has 0 fully saturated rings. The summed E-state index contributed by atoms with van der Waals surface area (Å²) in [5.41, 5.74) is 0.951. The molecule has 0 unspecified atom stereocenters. The number of anilines is 2. The number of nitrogens with zero attached hydrogens (tertiary/aromatic N) is 2. The molecule has 1 aromatic heterocycles. The summed E-state index contributed by atoms with van der Waals surface area (Å²) >= 11 is 0. The second kappa shape index (κ2) is 8.82. The first kappa shape index (κ1) is 18.4. The highest BCUT2D eigenvalue weighted by molar-refractivity contribution is 6.05. The van der Waals surface area contributed by atoms with Crippen molar-refractivity contribution in [3.05, 3.63) is 53.7 Å². The Kier molecular flexibility index (Phi) is 6.51. The molecule has 6 nitrogen and oxygen atoms in total. The van der Waals surface area contributed by atoms with Gasteiger partial charge in [-0.15, -0.1) is 0 Å². The molecular formula is C19H23N3O3. The molecule has 0 saturated carbocycles. The third-order valence-electron chi connectivity index (χ3n) is 3.85. The highest BCUT2D eigenvalue weighted by atomic mass is 16.4. The molecule has 0 aliphatic heterocycles. The molecule has 0 atom stereocenters. The zero-order chi connectivity index (χ0) is 18.2. The number of rotatable bonds is 8. The maximum Gasteiger partial charge on any atom is 0.339 e. The number of pyridine rings is 1. The fourth-order valence-corrected chi connectivity index (χ4v) is 2.49. The number of amides is 1. The van der Waals surface area contributed by atoms with Crippen LogP contribution in [0.25, 0.3) is 0 Å². The molecule has 1 aromatic carbocycles. The topological polar surface area (TPSA) is 82.5 Å². The lowest BCUT2D eigenvalue weighted by molar-refractivity contribution is 0.0696. The van der Waals surface area contributed by atoms with Crippen molar-refractivity contribution in [2.45, 2.75) is 26.7 Å². The van der Waals surface area contributed by atoms with E-state index in [1.165, 1.54) is 12.3 Å². The first-order valence-corrected chi connectivity index (χ1v) is 8.41. The fourth-order valence-electron chi connectivity index (χ4n) is 2.49. The van der Waals surface area contributed by atoms with Gasteiger partial charge in [0.2, 0.25) is 0 Å². The van der Waals surface area contributed by atoms with E-state index in [0.717, 1.165) is 19.4 Å². The molecule has 2 N–H and O–H groups in total. The van der Waals surface area contributed by atoms with E-state index in [0.29, 0.717) is 23.6 Å². The lowest BCUT2D eigenvalue weighted by Gasteiger charge is -2.23. The highest BCUT2D eigenvalue weighted by Gasteiger charge is 2.18. The van der Waals surface area contributed by atoms with Gasteiger partial charge in [0, 0.05) is 18.7 Å². The molecular weight excluding hydrogens is 318 g/mol. The van der Waals surface area contributed by atoms with Gasteiger partial charge >= 0.3 is 5.97 Å². The van der Waals surface area contributed by atoms with Gasteiger partial charge in [-0.05, 0) is 31.5 Å². The van der Waals surface area contributed by atoms with Crippen molar-refractivity contribution >= 4 is 23.4 Å². The number of aromatic nitrogens is 1. The molecule has 0 aliphatic rings. The molecule has 0 spiro atoms. The summed E-state index contributed by atoms with van der Waals surface area (Å²) < 4.78 is 0. The SMILES string of the molecule is CCCCN(CC)c1ncc(NC(=O)c2ccccc2)cc1C(=O)O. The maximum atomic E-state index is 12.2. The van der Waals surface area contributed by atoms with Crippen LogP contribution in [0.3, 0.4) is 0 Å². The van der Waals surface area contributed by atoms with Gasteiger partial charge < -0.3 is 15.3 Å². The van der Waals surface area contributed by atoms with Gasteiger partial charge in [-0.2, -0.15) is 0 Å². The molecule has 0 radical (unpaired) electrons. The molecule has 0 saturated heterocycles. The van der Waals surface area contributed by atoms with E-state index in [9.17, 15) is 14.7 Å². The van der Waals surface area contributed by atoms with Crippen LogP contribution in [0, 0.1) is 0 Å². The average Bonchev–Trinajstić information content (AvgIpc) is 2.63. The second-order valence-corrected chi connectivity index (χ2v) is 5.65. The van der Waals surface area contributed by atoms with Crippen LogP contribution in [0.15, 0.2) is 42.6 Å². The Morgan fingerprint density at radius 2 is 1.92 bits per heavy atom. The molecule has 0 bridgehead atoms. The Morgan fingerprint density at radius 3 is 2.52 bits per heavy atom. The third kappa shape index (κ3) is 4.79. The van der Waals surface area contributed by atoms with Crippen LogP contribution < -0.4 is 10.2 Å². The van der Waals surface area contributed by atoms with Crippen LogP contribution in [-0.4, -0.2) is 35.1 Å². The number of carbonyl (C=O) groups excluding carboxylic acids is 1. The third-order valence-corrected chi connectivity index (χ3v) is 3.85. The van der Waals surface area contributed by atoms with Crippen molar-refractivity contribution in [1.82, 2.24) is 4.98 Å². The number of benzene rings is 1. The lowest BCUT2D eigenvalue weighted by atomic mass is 10.2. The normalized spacial score (nSPS) is 10.3. The highest BCUT2D eigenvalue weighted by Crippen LogP contribution is 2.22. The summed E-state index contributed by atoms with van der Waals surface area (Å²) in [5, 5.41) is 12.2. The van der Waals surface area contributed by atoms with E-state index in [1.807, 2.05) is 17.9 Å². The van der Waals surface area contributed by atoms with Crippen molar-refractivity contribution in [3.8, 4) is 0 Å².